The van der Waals surface area contributed by atoms with E-state index >= 15 is 0 Å². The van der Waals surface area contributed by atoms with Gasteiger partial charge in [0, 0.05) is 18.4 Å². The number of pyridine rings is 1. The average Bonchev–Trinajstić information content (AvgIpc) is 2.46. The zero-order chi connectivity index (χ0) is 13.8. The van der Waals surface area contributed by atoms with E-state index in [0.29, 0.717) is 0 Å². The molecule has 0 aliphatic carbocycles. The largest absolute Gasteiger partial charge is 0.392 e. The summed E-state index contributed by atoms with van der Waals surface area (Å²) in [6.45, 7) is 4.19. The van der Waals surface area contributed by atoms with Gasteiger partial charge in [-0.3, -0.25) is 0 Å². The van der Waals surface area contributed by atoms with Crippen LogP contribution in [0.1, 0.15) is 23.7 Å². The lowest BCUT2D eigenvalue weighted by Crippen LogP contribution is -2.12. The number of hydrogen-bond donors (Lipinski definition) is 1. The molecule has 2 rings (SSSR count). The van der Waals surface area contributed by atoms with Crippen LogP contribution in [-0.2, 0) is 13.0 Å². The van der Waals surface area contributed by atoms with Crippen molar-refractivity contribution in [2.45, 2.75) is 26.9 Å². The highest BCUT2D eigenvalue weighted by atomic mass is 16.3. The Bertz CT molecular complexity index is 527. The van der Waals surface area contributed by atoms with Gasteiger partial charge in [-0.05, 0) is 43.2 Å². The van der Waals surface area contributed by atoms with Crippen molar-refractivity contribution in [3.05, 3.63) is 53.2 Å². The average molecular weight is 256 g/mol. The van der Waals surface area contributed by atoms with Crippen LogP contribution in [0.4, 0.5) is 11.5 Å². The Morgan fingerprint density at radius 1 is 1.16 bits per heavy atom. The first-order chi connectivity index (χ1) is 9.13. The quantitative estimate of drug-likeness (QED) is 0.912. The lowest BCUT2D eigenvalue weighted by atomic mass is 10.2. The van der Waals surface area contributed by atoms with Gasteiger partial charge in [-0.1, -0.05) is 24.6 Å². The van der Waals surface area contributed by atoms with E-state index in [1.54, 1.807) is 0 Å². The number of aryl methyl sites for hydroxylation is 2. The maximum Gasteiger partial charge on any atom is 0.133 e. The summed E-state index contributed by atoms with van der Waals surface area (Å²) in [4.78, 5) is 6.65. The van der Waals surface area contributed by atoms with Gasteiger partial charge in [0.2, 0.25) is 0 Å². The molecule has 3 nitrogen and oxygen atoms in total. The van der Waals surface area contributed by atoms with Gasteiger partial charge in [0.1, 0.15) is 5.82 Å². The number of nitrogens with zero attached hydrogens (tertiary/aromatic N) is 2. The fraction of sp³-hybridized carbons (Fsp3) is 0.312. The van der Waals surface area contributed by atoms with E-state index in [0.717, 1.165) is 29.2 Å². The zero-order valence-corrected chi connectivity index (χ0v) is 11.7. The van der Waals surface area contributed by atoms with Crippen LogP contribution in [0.5, 0.6) is 0 Å². The van der Waals surface area contributed by atoms with Crippen molar-refractivity contribution in [3.63, 3.8) is 0 Å². The summed E-state index contributed by atoms with van der Waals surface area (Å²) < 4.78 is 0. The number of aliphatic hydroxyl groups is 1. The van der Waals surface area contributed by atoms with Crippen LogP contribution in [0.3, 0.4) is 0 Å². The smallest absolute Gasteiger partial charge is 0.133 e. The summed E-state index contributed by atoms with van der Waals surface area (Å²) in [6.07, 6.45) is 0.864. The summed E-state index contributed by atoms with van der Waals surface area (Å²) in [5.74, 6) is 0.868. The molecule has 100 valence electrons. The maximum atomic E-state index is 9.32. The second-order valence-electron chi connectivity index (χ2n) is 4.73. The number of rotatable bonds is 4. The van der Waals surface area contributed by atoms with E-state index in [4.69, 9.17) is 0 Å². The topological polar surface area (TPSA) is 36.4 Å². The minimum absolute atomic E-state index is 0.0459. The summed E-state index contributed by atoms with van der Waals surface area (Å²) in [7, 11) is 1.99. The SMILES string of the molecule is CCc1cc(CO)cc(N(C)c2ccc(C)cc2)n1. The molecule has 0 aliphatic heterocycles. The number of benzene rings is 1. The van der Waals surface area contributed by atoms with Gasteiger partial charge in [-0.15, -0.1) is 0 Å². The molecule has 1 aromatic carbocycles. The van der Waals surface area contributed by atoms with Crippen LogP contribution in [0.15, 0.2) is 36.4 Å². The standard InChI is InChI=1S/C16H20N2O/c1-4-14-9-13(11-19)10-16(17-14)18(3)15-7-5-12(2)6-8-15/h5-10,19H,4,11H2,1-3H3. The Morgan fingerprint density at radius 3 is 2.42 bits per heavy atom. The monoisotopic (exact) mass is 256 g/mol. The van der Waals surface area contributed by atoms with Crippen LogP contribution in [0.2, 0.25) is 0 Å². The molecule has 0 amide bonds. The highest BCUT2D eigenvalue weighted by Crippen LogP contribution is 2.23. The van der Waals surface area contributed by atoms with Crippen molar-refractivity contribution < 1.29 is 5.11 Å². The van der Waals surface area contributed by atoms with E-state index < -0.39 is 0 Å². The molecule has 3 heteroatoms. The van der Waals surface area contributed by atoms with E-state index in [-0.39, 0.29) is 6.61 Å². The number of aromatic nitrogens is 1. The molecule has 0 spiro atoms. The van der Waals surface area contributed by atoms with Gasteiger partial charge < -0.3 is 10.0 Å². The number of anilines is 2. The first-order valence-corrected chi connectivity index (χ1v) is 6.55. The molecular weight excluding hydrogens is 236 g/mol. The van der Waals surface area contributed by atoms with Gasteiger partial charge in [-0.2, -0.15) is 0 Å². The normalized spacial score (nSPS) is 10.5. The molecule has 0 fully saturated rings. The minimum Gasteiger partial charge on any atom is -0.392 e. The van der Waals surface area contributed by atoms with Crippen molar-refractivity contribution in [3.8, 4) is 0 Å². The highest BCUT2D eigenvalue weighted by Gasteiger charge is 2.08. The fourth-order valence-electron chi connectivity index (χ4n) is 1.98. The maximum absolute atomic E-state index is 9.32. The second kappa shape index (κ2) is 5.85. The third-order valence-corrected chi connectivity index (χ3v) is 3.23. The van der Waals surface area contributed by atoms with Gasteiger partial charge in [0.05, 0.1) is 6.61 Å². The fourth-order valence-corrected chi connectivity index (χ4v) is 1.98. The lowest BCUT2D eigenvalue weighted by Gasteiger charge is -2.20. The molecule has 19 heavy (non-hydrogen) atoms. The molecule has 0 saturated carbocycles. The number of aliphatic hydroxyl groups excluding tert-OH is 1. The van der Waals surface area contributed by atoms with Crippen molar-refractivity contribution >= 4 is 11.5 Å². The van der Waals surface area contributed by atoms with Gasteiger partial charge >= 0.3 is 0 Å². The van der Waals surface area contributed by atoms with Crippen LogP contribution in [0.25, 0.3) is 0 Å². The Hall–Kier alpha value is -1.87. The first kappa shape index (κ1) is 13.6. The van der Waals surface area contributed by atoms with Crippen molar-refractivity contribution in [1.82, 2.24) is 4.98 Å². The molecule has 0 aliphatic rings. The molecule has 2 aromatic rings. The first-order valence-electron chi connectivity index (χ1n) is 6.55. The van der Waals surface area contributed by atoms with Crippen molar-refractivity contribution in [2.75, 3.05) is 11.9 Å². The predicted molar refractivity (Wildman–Crippen MR) is 78.8 cm³/mol. The van der Waals surface area contributed by atoms with Gasteiger partial charge in [0.25, 0.3) is 0 Å². The zero-order valence-electron chi connectivity index (χ0n) is 11.7. The summed E-state index contributed by atoms with van der Waals surface area (Å²) in [5, 5.41) is 9.32. The van der Waals surface area contributed by atoms with E-state index in [1.807, 2.05) is 24.1 Å². The molecular formula is C16H20N2O. The number of hydrogen-bond acceptors (Lipinski definition) is 3. The lowest BCUT2D eigenvalue weighted by molar-refractivity contribution is 0.281. The highest BCUT2D eigenvalue weighted by molar-refractivity contribution is 5.60. The third-order valence-electron chi connectivity index (χ3n) is 3.23. The van der Waals surface area contributed by atoms with E-state index in [2.05, 4.69) is 43.1 Å². The molecule has 1 aromatic heterocycles. The third kappa shape index (κ3) is 3.12. The molecule has 0 bridgehead atoms. The van der Waals surface area contributed by atoms with E-state index in [9.17, 15) is 5.11 Å². The summed E-state index contributed by atoms with van der Waals surface area (Å²) >= 11 is 0. The summed E-state index contributed by atoms with van der Waals surface area (Å²) in [6, 6.07) is 12.2. The molecule has 0 atom stereocenters. The predicted octanol–water partition coefficient (Wildman–Crippen LogP) is 3.21. The minimum atomic E-state index is 0.0459. The second-order valence-corrected chi connectivity index (χ2v) is 4.73. The van der Waals surface area contributed by atoms with Gasteiger partial charge in [0.15, 0.2) is 0 Å². The molecule has 1 heterocycles. The molecule has 0 radical (unpaired) electrons. The van der Waals surface area contributed by atoms with Gasteiger partial charge in [-0.25, -0.2) is 4.98 Å². The Kier molecular flexibility index (Phi) is 4.17. The Labute approximate surface area is 114 Å². The molecule has 0 unspecified atom stereocenters. The van der Waals surface area contributed by atoms with Crippen LogP contribution < -0.4 is 4.90 Å². The molecule has 1 N–H and O–H groups in total. The van der Waals surface area contributed by atoms with Crippen molar-refractivity contribution in [1.29, 1.82) is 0 Å². The molecule has 0 saturated heterocycles. The van der Waals surface area contributed by atoms with Crippen LogP contribution >= 0.6 is 0 Å². The Morgan fingerprint density at radius 2 is 1.84 bits per heavy atom. The van der Waals surface area contributed by atoms with Crippen LogP contribution in [0, 0.1) is 6.92 Å². The van der Waals surface area contributed by atoms with Crippen LogP contribution in [-0.4, -0.2) is 17.1 Å². The summed E-state index contributed by atoms with van der Waals surface area (Å²) in [5.41, 5.74) is 4.24. The van der Waals surface area contributed by atoms with Crippen molar-refractivity contribution in [2.24, 2.45) is 0 Å². The Balaban J connectivity index is 2.37. The van der Waals surface area contributed by atoms with E-state index in [1.165, 1.54) is 5.56 Å².